The summed E-state index contributed by atoms with van der Waals surface area (Å²) in [6.45, 7) is 1.90. The lowest BCUT2D eigenvalue weighted by molar-refractivity contribution is 0.602. The number of hydrogen-bond acceptors (Lipinski definition) is 4. The first-order chi connectivity index (χ1) is 9.52. The van der Waals surface area contributed by atoms with Gasteiger partial charge in [-0.1, -0.05) is 18.0 Å². The molecule has 1 fully saturated rings. The Kier molecular flexibility index (Phi) is 4.52. The van der Waals surface area contributed by atoms with Gasteiger partial charge in [0.15, 0.2) is 9.84 Å². The van der Waals surface area contributed by atoms with Crippen LogP contribution in [0.5, 0.6) is 0 Å². The Bertz CT molecular complexity index is 628. The zero-order valence-electron chi connectivity index (χ0n) is 11.5. The van der Waals surface area contributed by atoms with Crippen LogP contribution < -0.4 is 4.90 Å². The molecule has 1 aliphatic rings. The average Bonchev–Trinajstić information content (AvgIpc) is 2.66. The van der Waals surface area contributed by atoms with E-state index in [9.17, 15) is 8.42 Å². The number of azide groups is 1. The summed E-state index contributed by atoms with van der Waals surface area (Å²) in [5.74, 6) is 0. The molecule has 0 amide bonds. The van der Waals surface area contributed by atoms with E-state index in [2.05, 4.69) is 14.9 Å². The van der Waals surface area contributed by atoms with E-state index in [4.69, 9.17) is 5.53 Å². The molecule has 0 aromatic heterocycles. The molecular weight excluding hydrogens is 276 g/mol. The van der Waals surface area contributed by atoms with E-state index in [-0.39, 0.29) is 10.6 Å². The molecule has 0 atom stereocenters. The topological polar surface area (TPSA) is 86.1 Å². The van der Waals surface area contributed by atoms with Crippen molar-refractivity contribution in [1.29, 1.82) is 0 Å². The number of benzene rings is 1. The molecule has 0 radical (unpaired) electrons. The first-order valence-corrected chi connectivity index (χ1v) is 8.55. The second-order valence-corrected chi connectivity index (χ2v) is 7.00. The van der Waals surface area contributed by atoms with Crippen LogP contribution in [0.3, 0.4) is 0 Å². The lowest BCUT2D eigenvalue weighted by atomic mass is 10.2. The summed E-state index contributed by atoms with van der Waals surface area (Å²) in [5.41, 5.74) is 9.70. The Morgan fingerprint density at radius 3 is 2.40 bits per heavy atom. The fourth-order valence-electron chi connectivity index (χ4n) is 2.47. The molecule has 1 saturated heterocycles. The molecule has 0 unspecified atom stereocenters. The predicted octanol–water partition coefficient (Wildman–Crippen LogP) is 3.41. The van der Waals surface area contributed by atoms with E-state index in [1.807, 2.05) is 0 Å². The van der Waals surface area contributed by atoms with Gasteiger partial charge < -0.3 is 4.90 Å². The van der Waals surface area contributed by atoms with E-state index in [1.54, 1.807) is 12.1 Å². The van der Waals surface area contributed by atoms with E-state index in [1.165, 1.54) is 18.9 Å². The van der Waals surface area contributed by atoms with Crippen molar-refractivity contribution >= 4 is 21.2 Å². The van der Waals surface area contributed by atoms with Gasteiger partial charge in [0.05, 0.1) is 10.6 Å². The van der Waals surface area contributed by atoms with Crippen LogP contribution in [0.4, 0.5) is 11.4 Å². The van der Waals surface area contributed by atoms with Gasteiger partial charge in [0.1, 0.15) is 0 Å². The number of sulfone groups is 1. The second kappa shape index (κ2) is 6.15. The molecule has 6 nitrogen and oxygen atoms in total. The number of rotatable bonds is 3. The molecule has 1 aliphatic heterocycles. The molecule has 0 spiro atoms. The third kappa shape index (κ3) is 3.43. The molecule has 0 saturated carbocycles. The SMILES string of the molecule is CS(=O)(=O)c1ccc(N2CCCCCC2)cc1N=[N+]=[N-]. The van der Waals surface area contributed by atoms with Crippen LogP contribution in [0.1, 0.15) is 25.7 Å². The zero-order valence-corrected chi connectivity index (χ0v) is 12.3. The van der Waals surface area contributed by atoms with Crippen molar-refractivity contribution in [3.63, 3.8) is 0 Å². The van der Waals surface area contributed by atoms with Crippen LogP contribution in [0.25, 0.3) is 10.4 Å². The minimum Gasteiger partial charge on any atom is -0.372 e. The van der Waals surface area contributed by atoms with Gasteiger partial charge in [-0.3, -0.25) is 0 Å². The summed E-state index contributed by atoms with van der Waals surface area (Å²) in [4.78, 5) is 5.02. The van der Waals surface area contributed by atoms with Crippen molar-refractivity contribution < 1.29 is 8.42 Å². The molecule has 1 aromatic rings. The molecular formula is C13H18N4O2S. The summed E-state index contributed by atoms with van der Waals surface area (Å²) in [6, 6.07) is 4.99. The normalized spacial score (nSPS) is 16.4. The molecule has 108 valence electrons. The molecule has 0 aliphatic carbocycles. The van der Waals surface area contributed by atoms with Crippen LogP contribution in [0.2, 0.25) is 0 Å². The Hall–Kier alpha value is -1.72. The Labute approximate surface area is 118 Å². The Morgan fingerprint density at radius 1 is 1.20 bits per heavy atom. The van der Waals surface area contributed by atoms with Crippen molar-refractivity contribution in [2.45, 2.75) is 30.6 Å². The lowest BCUT2D eigenvalue weighted by Gasteiger charge is -2.23. The smallest absolute Gasteiger partial charge is 0.175 e. The second-order valence-electron chi connectivity index (χ2n) is 5.01. The van der Waals surface area contributed by atoms with Crippen molar-refractivity contribution in [2.75, 3.05) is 24.2 Å². The molecule has 20 heavy (non-hydrogen) atoms. The maximum Gasteiger partial charge on any atom is 0.175 e. The van der Waals surface area contributed by atoms with Gasteiger partial charge in [0, 0.05) is 29.9 Å². The third-order valence-corrected chi connectivity index (χ3v) is 4.61. The highest BCUT2D eigenvalue weighted by atomic mass is 32.2. The molecule has 0 bridgehead atoms. The van der Waals surface area contributed by atoms with E-state index >= 15 is 0 Å². The summed E-state index contributed by atoms with van der Waals surface area (Å²) in [7, 11) is -3.39. The van der Waals surface area contributed by atoms with Gasteiger partial charge in [0.25, 0.3) is 0 Å². The van der Waals surface area contributed by atoms with Crippen molar-refractivity contribution in [3.05, 3.63) is 28.6 Å². The summed E-state index contributed by atoms with van der Waals surface area (Å²) in [5, 5.41) is 3.53. The number of nitrogens with zero attached hydrogens (tertiary/aromatic N) is 4. The molecule has 1 aromatic carbocycles. The maximum absolute atomic E-state index is 11.7. The molecule has 1 heterocycles. The van der Waals surface area contributed by atoms with Crippen LogP contribution in [0.15, 0.2) is 28.2 Å². The largest absolute Gasteiger partial charge is 0.372 e. The van der Waals surface area contributed by atoms with Crippen molar-refractivity contribution in [3.8, 4) is 0 Å². The Morgan fingerprint density at radius 2 is 1.85 bits per heavy atom. The molecule has 7 heteroatoms. The summed E-state index contributed by atoms with van der Waals surface area (Å²) >= 11 is 0. The van der Waals surface area contributed by atoms with Crippen LogP contribution >= 0.6 is 0 Å². The minimum absolute atomic E-state index is 0.0777. The quantitative estimate of drug-likeness (QED) is 0.486. The fraction of sp³-hybridized carbons (Fsp3) is 0.538. The van der Waals surface area contributed by atoms with Gasteiger partial charge in [-0.05, 0) is 36.6 Å². The van der Waals surface area contributed by atoms with Crippen LogP contribution in [0, 0.1) is 0 Å². The van der Waals surface area contributed by atoms with Gasteiger partial charge in [-0.25, -0.2) is 8.42 Å². The predicted molar refractivity (Wildman–Crippen MR) is 79.0 cm³/mol. The number of hydrogen-bond donors (Lipinski definition) is 0. The molecule has 2 rings (SSSR count). The first-order valence-electron chi connectivity index (χ1n) is 6.66. The summed E-state index contributed by atoms with van der Waals surface area (Å²) in [6.07, 6.45) is 5.82. The van der Waals surface area contributed by atoms with Crippen molar-refractivity contribution in [2.24, 2.45) is 5.11 Å². The highest BCUT2D eigenvalue weighted by molar-refractivity contribution is 7.90. The average molecular weight is 294 g/mol. The van der Waals surface area contributed by atoms with Gasteiger partial charge in [0.2, 0.25) is 0 Å². The highest BCUT2D eigenvalue weighted by Crippen LogP contribution is 2.30. The highest BCUT2D eigenvalue weighted by Gasteiger charge is 2.16. The minimum atomic E-state index is -3.39. The zero-order chi connectivity index (χ0) is 14.6. The van der Waals surface area contributed by atoms with Gasteiger partial charge >= 0.3 is 0 Å². The van der Waals surface area contributed by atoms with Gasteiger partial charge in [-0.2, -0.15) is 0 Å². The van der Waals surface area contributed by atoms with E-state index < -0.39 is 9.84 Å². The standard InChI is InChI=1S/C13H18N4O2S/c1-20(18,19)13-7-6-11(10-12(13)15-16-14)17-8-4-2-3-5-9-17/h6-7,10H,2-5,8-9H2,1H3. The monoisotopic (exact) mass is 294 g/mol. The van der Waals surface area contributed by atoms with Crippen molar-refractivity contribution in [1.82, 2.24) is 0 Å². The fourth-order valence-corrected chi connectivity index (χ4v) is 3.27. The van der Waals surface area contributed by atoms with E-state index in [0.29, 0.717) is 0 Å². The Balaban J connectivity index is 2.41. The molecule has 0 N–H and O–H groups in total. The number of anilines is 1. The van der Waals surface area contributed by atoms with Crippen LogP contribution in [-0.4, -0.2) is 27.8 Å². The third-order valence-electron chi connectivity index (χ3n) is 3.47. The summed E-state index contributed by atoms with van der Waals surface area (Å²) < 4.78 is 23.3. The maximum atomic E-state index is 11.7. The first kappa shape index (κ1) is 14.7. The van der Waals surface area contributed by atoms with Gasteiger partial charge in [-0.15, -0.1) is 0 Å². The van der Waals surface area contributed by atoms with E-state index in [0.717, 1.165) is 37.9 Å². The lowest BCUT2D eigenvalue weighted by Crippen LogP contribution is -2.23. The van der Waals surface area contributed by atoms with Crippen LogP contribution in [-0.2, 0) is 9.84 Å².